The van der Waals surface area contributed by atoms with E-state index in [4.69, 9.17) is 10.3 Å². The molecule has 2 N–H and O–H groups in total. The molecule has 17 heavy (non-hydrogen) atoms. The van der Waals surface area contributed by atoms with Gasteiger partial charge in [0.25, 0.3) is 0 Å². The smallest absolute Gasteiger partial charge is 0.394 e. The summed E-state index contributed by atoms with van der Waals surface area (Å²) in [6.45, 7) is 0. The van der Waals surface area contributed by atoms with Crippen molar-refractivity contribution < 1.29 is 17.7 Å². The van der Waals surface area contributed by atoms with E-state index in [1.54, 1.807) is 0 Å². The number of hydrogen-bond acceptors (Lipinski definition) is 4. The number of benzene rings is 1. The van der Waals surface area contributed by atoms with Crippen molar-refractivity contribution in [2.75, 3.05) is 5.73 Å². The molecule has 1 aromatic heterocycles. The first kappa shape index (κ1) is 11.8. The van der Waals surface area contributed by atoms with Gasteiger partial charge in [-0.15, -0.1) is 0 Å². The third-order valence-corrected chi connectivity index (χ3v) is 2.69. The Balaban J connectivity index is 2.22. The van der Waals surface area contributed by atoms with Gasteiger partial charge in [0.05, 0.1) is 6.20 Å². The standard InChI is InChI=1S/C10H7F3N2OS/c11-10(12,13)17-7-3-1-6(2-4-7)9-8(14)5-15-16-9/h1-5H,14H2. The summed E-state index contributed by atoms with van der Waals surface area (Å²) < 4.78 is 41.2. The van der Waals surface area contributed by atoms with Crippen LogP contribution in [0.1, 0.15) is 0 Å². The Hall–Kier alpha value is -1.63. The number of nitrogens with zero attached hydrogens (tertiary/aromatic N) is 1. The molecule has 0 saturated carbocycles. The Morgan fingerprint density at radius 3 is 2.29 bits per heavy atom. The Morgan fingerprint density at radius 1 is 1.18 bits per heavy atom. The van der Waals surface area contributed by atoms with Gasteiger partial charge in [0, 0.05) is 10.5 Å². The average molecular weight is 260 g/mol. The molecule has 0 aliphatic rings. The van der Waals surface area contributed by atoms with Crippen LogP contribution >= 0.6 is 11.8 Å². The summed E-state index contributed by atoms with van der Waals surface area (Å²) in [5.41, 5.74) is 2.22. The molecule has 2 rings (SSSR count). The molecule has 0 spiro atoms. The Morgan fingerprint density at radius 2 is 1.82 bits per heavy atom. The maximum atomic E-state index is 12.1. The average Bonchev–Trinajstić information content (AvgIpc) is 2.63. The zero-order valence-corrected chi connectivity index (χ0v) is 9.18. The lowest BCUT2D eigenvalue weighted by atomic mass is 10.1. The normalized spacial score (nSPS) is 11.7. The van der Waals surface area contributed by atoms with Gasteiger partial charge in [-0.1, -0.05) is 5.16 Å². The number of alkyl halides is 3. The molecule has 0 amide bonds. The van der Waals surface area contributed by atoms with Crippen molar-refractivity contribution >= 4 is 17.4 Å². The number of halogens is 3. The highest BCUT2D eigenvalue weighted by atomic mass is 32.2. The Kier molecular flexibility index (Phi) is 3.01. The highest BCUT2D eigenvalue weighted by molar-refractivity contribution is 8.00. The van der Waals surface area contributed by atoms with Gasteiger partial charge < -0.3 is 10.3 Å². The lowest BCUT2D eigenvalue weighted by molar-refractivity contribution is -0.0328. The number of rotatable bonds is 2. The number of nitrogens with two attached hydrogens (primary N) is 1. The molecule has 0 radical (unpaired) electrons. The quantitative estimate of drug-likeness (QED) is 0.839. The van der Waals surface area contributed by atoms with Crippen LogP contribution in [0, 0.1) is 0 Å². The molecule has 0 fully saturated rings. The van der Waals surface area contributed by atoms with Crippen molar-refractivity contribution in [3.63, 3.8) is 0 Å². The second-order valence-electron chi connectivity index (χ2n) is 3.18. The van der Waals surface area contributed by atoms with Crippen LogP contribution in [0.5, 0.6) is 0 Å². The van der Waals surface area contributed by atoms with E-state index < -0.39 is 5.51 Å². The first-order chi connectivity index (χ1) is 7.96. The van der Waals surface area contributed by atoms with Crippen molar-refractivity contribution in [1.29, 1.82) is 0 Å². The van der Waals surface area contributed by atoms with Crippen LogP contribution in [0.15, 0.2) is 39.9 Å². The number of aromatic nitrogens is 1. The van der Waals surface area contributed by atoms with Crippen molar-refractivity contribution in [3.8, 4) is 11.3 Å². The van der Waals surface area contributed by atoms with Crippen molar-refractivity contribution in [2.24, 2.45) is 0 Å². The van der Waals surface area contributed by atoms with E-state index in [0.717, 1.165) is 0 Å². The number of nitrogen functional groups attached to an aromatic ring is 1. The van der Waals surface area contributed by atoms with Gasteiger partial charge in [-0.3, -0.25) is 0 Å². The molecular formula is C10H7F3N2OS. The predicted octanol–water partition coefficient (Wildman–Crippen LogP) is 3.54. The Bertz CT molecular complexity index is 507. The highest BCUT2D eigenvalue weighted by Gasteiger charge is 2.29. The number of anilines is 1. The van der Waals surface area contributed by atoms with Crippen LogP contribution in [0.4, 0.5) is 18.9 Å². The largest absolute Gasteiger partial charge is 0.446 e. The molecule has 0 unspecified atom stereocenters. The van der Waals surface area contributed by atoms with Gasteiger partial charge in [-0.2, -0.15) is 13.2 Å². The zero-order chi connectivity index (χ0) is 12.5. The lowest BCUT2D eigenvalue weighted by Crippen LogP contribution is -1.98. The fraction of sp³-hybridized carbons (Fsp3) is 0.100. The summed E-state index contributed by atoms with van der Waals surface area (Å²) >= 11 is -0.167. The fourth-order valence-corrected chi connectivity index (χ4v) is 1.81. The maximum absolute atomic E-state index is 12.1. The highest BCUT2D eigenvalue weighted by Crippen LogP contribution is 2.37. The van der Waals surface area contributed by atoms with Crippen LogP contribution in [-0.4, -0.2) is 10.7 Å². The third kappa shape index (κ3) is 2.94. The maximum Gasteiger partial charge on any atom is 0.446 e. The van der Waals surface area contributed by atoms with Gasteiger partial charge in [0.15, 0.2) is 5.76 Å². The molecule has 2 aromatic rings. The van der Waals surface area contributed by atoms with Gasteiger partial charge >= 0.3 is 5.51 Å². The Labute approximate surface area is 98.8 Å². The third-order valence-electron chi connectivity index (χ3n) is 1.95. The molecule has 0 atom stereocenters. The summed E-state index contributed by atoms with van der Waals surface area (Å²) in [4.78, 5) is 0.110. The van der Waals surface area contributed by atoms with E-state index in [9.17, 15) is 13.2 Å². The summed E-state index contributed by atoms with van der Waals surface area (Å²) in [5.74, 6) is 0.355. The zero-order valence-electron chi connectivity index (χ0n) is 8.36. The van der Waals surface area contributed by atoms with Gasteiger partial charge in [0.1, 0.15) is 5.69 Å². The van der Waals surface area contributed by atoms with Gasteiger partial charge in [-0.05, 0) is 36.0 Å². The van der Waals surface area contributed by atoms with E-state index in [-0.39, 0.29) is 16.7 Å². The first-order valence-corrected chi connectivity index (χ1v) is 5.34. The van der Waals surface area contributed by atoms with E-state index >= 15 is 0 Å². The predicted molar refractivity (Wildman–Crippen MR) is 58.3 cm³/mol. The molecule has 0 saturated heterocycles. The summed E-state index contributed by atoms with van der Waals surface area (Å²) in [6, 6.07) is 5.72. The van der Waals surface area contributed by atoms with Crippen LogP contribution in [0.25, 0.3) is 11.3 Å². The molecule has 3 nitrogen and oxygen atoms in total. The summed E-state index contributed by atoms with van der Waals surface area (Å²) in [7, 11) is 0. The molecule has 1 heterocycles. The number of thioether (sulfide) groups is 1. The minimum atomic E-state index is -4.28. The van der Waals surface area contributed by atoms with Crippen molar-refractivity contribution in [2.45, 2.75) is 10.4 Å². The first-order valence-electron chi connectivity index (χ1n) is 4.52. The van der Waals surface area contributed by atoms with Crippen LogP contribution in [0.3, 0.4) is 0 Å². The van der Waals surface area contributed by atoms with Gasteiger partial charge in [-0.25, -0.2) is 0 Å². The lowest BCUT2D eigenvalue weighted by Gasteiger charge is -2.05. The minimum absolute atomic E-state index is 0.110. The molecule has 7 heteroatoms. The molecular weight excluding hydrogens is 253 g/mol. The molecule has 0 aliphatic heterocycles. The molecule has 1 aromatic carbocycles. The van der Waals surface area contributed by atoms with E-state index in [2.05, 4.69) is 5.16 Å². The summed E-state index contributed by atoms with van der Waals surface area (Å²) in [6.07, 6.45) is 1.34. The second-order valence-corrected chi connectivity index (χ2v) is 4.32. The second kappa shape index (κ2) is 4.33. The van der Waals surface area contributed by atoms with Gasteiger partial charge in [0.2, 0.25) is 0 Å². The summed E-state index contributed by atoms with van der Waals surface area (Å²) in [5, 5.41) is 3.49. The van der Waals surface area contributed by atoms with E-state index in [1.165, 1.54) is 30.5 Å². The molecule has 0 aliphatic carbocycles. The SMILES string of the molecule is Nc1cnoc1-c1ccc(SC(F)(F)F)cc1. The number of hydrogen-bond donors (Lipinski definition) is 1. The topological polar surface area (TPSA) is 52.0 Å². The monoisotopic (exact) mass is 260 g/mol. The molecule has 0 bridgehead atoms. The van der Waals surface area contributed by atoms with Crippen LogP contribution in [-0.2, 0) is 0 Å². The van der Waals surface area contributed by atoms with Crippen molar-refractivity contribution in [3.05, 3.63) is 30.5 Å². The van der Waals surface area contributed by atoms with E-state index in [0.29, 0.717) is 17.0 Å². The van der Waals surface area contributed by atoms with Crippen LogP contribution in [0.2, 0.25) is 0 Å². The fourth-order valence-electron chi connectivity index (χ4n) is 1.27. The molecule has 90 valence electrons. The van der Waals surface area contributed by atoms with Crippen molar-refractivity contribution in [1.82, 2.24) is 5.16 Å². The minimum Gasteiger partial charge on any atom is -0.394 e. The van der Waals surface area contributed by atoms with Crippen LogP contribution < -0.4 is 5.73 Å². The van der Waals surface area contributed by atoms with E-state index in [1.807, 2.05) is 0 Å².